The molecule has 21 heavy (non-hydrogen) atoms. The van der Waals surface area contributed by atoms with E-state index in [1.165, 1.54) is 6.07 Å². The molecule has 0 aromatic heterocycles. The van der Waals surface area contributed by atoms with E-state index in [0.717, 1.165) is 19.6 Å². The van der Waals surface area contributed by atoms with Gasteiger partial charge in [-0.15, -0.1) is 0 Å². The van der Waals surface area contributed by atoms with Crippen LogP contribution in [0.15, 0.2) is 24.3 Å². The fourth-order valence-corrected chi connectivity index (χ4v) is 3.70. The standard InChI is InChI=1S/C16H22FN3O/c1-16(2)12-8-18-7-11(12)9-20(16)10-15(21)19-14-6-4-3-5-13(14)17/h3-6,11-12,18H,7-10H2,1-2H3,(H,19,21). The normalized spacial score (nSPS) is 27.6. The topological polar surface area (TPSA) is 44.4 Å². The summed E-state index contributed by atoms with van der Waals surface area (Å²) in [5.74, 6) is 0.647. The van der Waals surface area contributed by atoms with Gasteiger partial charge in [-0.25, -0.2) is 4.39 Å². The third-order valence-electron chi connectivity index (χ3n) is 5.00. The van der Waals surface area contributed by atoms with Crippen molar-refractivity contribution in [2.75, 3.05) is 31.5 Å². The van der Waals surface area contributed by atoms with Crippen molar-refractivity contribution in [1.82, 2.24) is 10.2 Å². The minimum Gasteiger partial charge on any atom is -0.322 e. The van der Waals surface area contributed by atoms with Gasteiger partial charge < -0.3 is 10.6 Å². The van der Waals surface area contributed by atoms with Gasteiger partial charge in [0.25, 0.3) is 0 Å². The lowest BCUT2D eigenvalue weighted by atomic mass is 9.85. The van der Waals surface area contributed by atoms with Gasteiger partial charge in [0.15, 0.2) is 0 Å². The van der Waals surface area contributed by atoms with E-state index in [9.17, 15) is 9.18 Å². The van der Waals surface area contributed by atoms with Gasteiger partial charge in [-0.1, -0.05) is 12.1 Å². The van der Waals surface area contributed by atoms with Gasteiger partial charge in [-0.05, 0) is 44.4 Å². The Bertz CT molecular complexity index is 546. The first-order valence-corrected chi connectivity index (χ1v) is 7.48. The molecule has 114 valence electrons. The molecule has 3 rings (SSSR count). The highest BCUT2D eigenvalue weighted by molar-refractivity contribution is 5.92. The van der Waals surface area contributed by atoms with Crippen molar-refractivity contribution < 1.29 is 9.18 Å². The number of likely N-dealkylation sites (tertiary alicyclic amines) is 1. The number of nitrogens with zero attached hydrogens (tertiary/aromatic N) is 1. The Hall–Kier alpha value is -1.46. The van der Waals surface area contributed by atoms with E-state index < -0.39 is 5.82 Å². The van der Waals surface area contributed by atoms with Crippen molar-refractivity contribution in [2.24, 2.45) is 11.8 Å². The van der Waals surface area contributed by atoms with Crippen LogP contribution in [0.1, 0.15) is 13.8 Å². The highest BCUT2D eigenvalue weighted by Gasteiger charge is 2.49. The van der Waals surface area contributed by atoms with E-state index >= 15 is 0 Å². The number of hydrogen-bond donors (Lipinski definition) is 2. The van der Waals surface area contributed by atoms with E-state index in [-0.39, 0.29) is 17.1 Å². The average molecular weight is 291 g/mol. The molecule has 0 aliphatic carbocycles. The Labute approximate surface area is 124 Å². The number of halogens is 1. The van der Waals surface area contributed by atoms with Crippen molar-refractivity contribution in [3.63, 3.8) is 0 Å². The summed E-state index contributed by atoms with van der Waals surface area (Å²) in [6.45, 7) is 7.68. The van der Waals surface area contributed by atoms with Crippen LogP contribution in [0.5, 0.6) is 0 Å². The van der Waals surface area contributed by atoms with Crippen molar-refractivity contribution in [3.8, 4) is 0 Å². The van der Waals surface area contributed by atoms with E-state index in [1.807, 2.05) is 0 Å². The van der Waals surface area contributed by atoms with Crippen molar-refractivity contribution in [1.29, 1.82) is 0 Å². The van der Waals surface area contributed by atoms with Gasteiger partial charge in [-0.3, -0.25) is 9.69 Å². The zero-order valence-electron chi connectivity index (χ0n) is 12.5. The first-order chi connectivity index (χ1) is 9.98. The molecule has 2 atom stereocenters. The van der Waals surface area contributed by atoms with Gasteiger partial charge in [0.2, 0.25) is 5.91 Å². The lowest BCUT2D eigenvalue weighted by Gasteiger charge is -2.35. The third-order valence-corrected chi connectivity index (χ3v) is 5.00. The maximum Gasteiger partial charge on any atom is 0.238 e. The molecule has 2 heterocycles. The number of nitrogens with one attached hydrogen (secondary N) is 2. The molecule has 0 bridgehead atoms. The van der Waals surface area contributed by atoms with Crippen LogP contribution in [-0.2, 0) is 4.79 Å². The number of fused-ring (bicyclic) bond motifs is 1. The van der Waals surface area contributed by atoms with Crippen LogP contribution in [0.2, 0.25) is 0 Å². The average Bonchev–Trinajstić information content (AvgIpc) is 2.97. The van der Waals surface area contributed by atoms with Crippen molar-refractivity contribution in [3.05, 3.63) is 30.1 Å². The molecule has 1 aromatic rings. The number of rotatable bonds is 3. The zero-order chi connectivity index (χ0) is 15.0. The molecular formula is C16H22FN3O. The van der Waals surface area contributed by atoms with Crippen molar-refractivity contribution >= 4 is 11.6 Å². The SMILES string of the molecule is CC1(C)C2CNCC2CN1CC(=O)Nc1ccccc1F. The molecule has 2 unspecified atom stereocenters. The van der Waals surface area contributed by atoms with Crippen molar-refractivity contribution in [2.45, 2.75) is 19.4 Å². The summed E-state index contributed by atoms with van der Waals surface area (Å²) in [5.41, 5.74) is 0.252. The Morgan fingerprint density at radius 1 is 1.43 bits per heavy atom. The Morgan fingerprint density at radius 3 is 2.90 bits per heavy atom. The van der Waals surface area contributed by atoms with Crippen LogP contribution < -0.4 is 10.6 Å². The second-order valence-corrected chi connectivity index (χ2v) is 6.59. The summed E-state index contributed by atoms with van der Waals surface area (Å²) < 4.78 is 13.6. The number of hydrogen-bond acceptors (Lipinski definition) is 3. The molecule has 5 heteroatoms. The summed E-state index contributed by atoms with van der Waals surface area (Å²) in [4.78, 5) is 14.4. The summed E-state index contributed by atoms with van der Waals surface area (Å²) >= 11 is 0. The highest BCUT2D eigenvalue weighted by Crippen LogP contribution is 2.40. The van der Waals surface area contributed by atoms with Crippen LogP contribution in [0, 0.1) is 17.7 Å². The predicted octanol–water partition coefficient (Wildman–Crippen LogP) is 1.69. The van der Waals surface area contributed by atoms with Gasteiger partial charge in [0, 0.05) is 18.6 Å². The first kappa shape index (κ1) is 14.5. The largest absolute Gasteiger partial charge is 0.322 e. The molecule has 0 radical (unpaired) electrons. The van der Waals surface area contributed by atoms with E-state index in [0.29, 0.717) is 18.4 Å². The first-order valence-electron chi connectivity index (χ1n) is 7.48. The molecule has 2 fully saturated rings. The molecule has 2 aliphatic heterocycles. The van der Waals surface area contributed by atoms with Crippen LogP contribution in [0.3, 0.4) is 0 Å². The van der Waals surface area contributed by atoms with Crippen LogP contribution in [0.25, 0.3) is 0 Å². The molecule has 1 amide bonds. The van der Waals surface area contributed by atoms with E-state index in [2.05, 4.69) is 29.4 Å². The molecule has 2 saturated heterocycles. The second-order valence-electron chi connectivity index (χ2n) is 6.59. The smallest absolute Gasteiger partial charge is 0.238 e. The van der Waals surface area contributed by atoms with Crippen LogP contribution in [-0.4, -0.2) is 42.5 Å². The molecule has 4 nitrogen and oxygen atoms in total. The second kappa shape index (κ2) is 5.39. The van der Waals surface area contributed by atoms with Gasteiger partial charge in [0.1, 0.15) is 5.82 Å². The minimum atomic E-state index is -0.396. The summed E-state index contributed by atoms with van der Waals surface area (Å²) in [6.07, 6.45) is 0. The Balaban J connectivity index is 1.64. The molecule has 2 N–H and O–H groups in total. The van der Waals surface area contributed by atoms with Gasteiger partial charge in [0.05, 0.1) is 12.2 Å². The maximum absolute atomic E-state index is 13.6. The molecule has 0 saturated carbocycles. The summed E-state index contributed by atoms with van der Waals surface area (Å²) in [7, 11) is 0. The minimum absolute atomic E-state index is 0.000733. The number of anilines is 1. The van der Waals surface area contributed by atoms with E-state index in [1.54, 1.807) is 18.2 Å². The predicted molar refractivity (Wildman–Crippen MR) is 80.5 cm³/mol. The number of carbonyl (C=O) groups excluding carboxylic acids is 1. The summed E-state index contributed by atoms with van der Waals surface area (Å²) in [5, 5.41) is 6.09. The fourth-order valence-electron chi connectivity index (χ4n) is 3.70. The number of amides is 1. The Morgan fingerprint density at radius 2 is 2.19 bits per heavy atom. The van der Waals surface area contributed by atoms with E-state index in [4.69, 9.17) is 0 Å². The lowest BCUT2D eigenvalue weighted by molar-refractivity contribution is -0.118. The highest BCUT2D eigenvalue weighted by atomic mass is 19.1. The van der Waals surface area contributed by atoms with Crippen LogP contribution in [0.4, 0.5) is 10.1 Å². The molecule has 1 aromatic carbocycles. The lowest BCUT2D eigenvalue weighted by Crippen LogP contribution is -2.47. The maximum atomic E-state index is 13.6. The third kappa shape index (κ3) is 2.68. The monoisotopic (exact) mass is 291 g/mol. The quantitative estimate of drug-likeness (QED) is 0.891. The molecule has 0 spiro atoms. The summed E-state index contributed by atoms with van der Waals surface area (Å²) in [6, 6.07) is 6.27. The van der Waals surface area contributed by atoms with Gasteiger partial charge in [-0.2, -0.15) is 0 Å². The fraction of sp³-hybridized carbons (Fsp3) is 0.562. The van der Waals surface area contributed by atoms with Crippen LogP contribution >= 0.6 is 0 Å². The zero-order valence-corrected chi connectivity index (χ0v) is 12.5. The number of para-hydroxylation sites is 1. The molecular weight excluding hydrogens is 269 g/mol. The Kier molecular flexibility index (Phi) is 3.71. The van der Waals surface area contributed by atoms with Gasteiger partial charge >= 0.3 is 0 Å². The molecule has 2 aliphatic rings. The number of carbonyl (C=O) groups is 1. The number of benzene rings is 1.